The van der Waals surface area contributed by atoms with Gasteiger partial charge in [0.25, 0.3) is 11.5 Å². The maximum absolute atomic E-state index is 12.5. The third-order valence-corrected chi connectivity index (χ3v) is 6.22. The molecule has 9 heteroatoms. The Bertz CT molecular complexity index is 1300. The monoisotopic (exact) mass is 448 g/mol. The first-order chi connectivity index (χ1) is 15.5. The van der Waals surface area contributed by atoms with Gasteiger partial charge < -0.3 is 14.9 Å². The second kappa shape index (κ2) is 9.35. The Balaban J connectivity index is 1.54. The van der Waals surface area contributed by atoms with Crippen molar-refractivity contribution in [1.82, 2.24) is 30.0 Å². The average Bonchev–Trinajstić information content (AvgIpc) is 3.22. The van der Waals surface area contributed by atoms with Gasteiger partial charge in [0.15, 0.2) is 11.0 Å². The topological polar surface area (TPSA) is 106 Å². The minimum Gasteiger partial charge on any atom is -0.342 e. The molecule has 2 aromatic carbocycles. The van der Waals surface area contributed by atoms with Gasteiger partial charge in [-0.2, -0.15) is 0 Å². The van der Waals surface area contributed by atoms with Gasteiger partial charge in [-0.1, -0.05) is 42.1 Å². The number of carbonyl (C=O) groups excluding carboxylic acids is 1. The quantitative estimate of drug-likeness (QED) is 0.416. The van der Waals surface area contributed by atoms with Gasteiger partial charge in [0.2, 0.25) is 0 Å². The second-order valence-electron chi connectivity index (χ2n) is 7.37. The highest BCUT2D eigenvalue weighted by Gasteiger charge is 2.22. The number of carbonyl (C=O) groups is 1. The molecule has 2 aromatic heterocycles. The number of rotatable bonds is 7. The lowest BCUT2D eigenvalue weighted by atomic mass is 10.2. The number of aromatic nitrogens is 5. The lowest BCUT2D eigenvalue weighted by Crippen LogP contribution is -2.28. The summed E-state index contributed by atoms with van der Waals surface area (Å²) in [6, 6.07) is 16.0. The van der Waals surface area contributed by atoms with E-state index in [0.717, 1.165) is 0 Å². The number of amides is 1. The van der Waals surface area contributed by atoms with E-state index in [1.165, 1.54) is 11.8 Å². The molecule has 32 heavy (non-hydrogen) atoms. The fraction of sp³-hybridized carbons (Fsp3) is 0.261. The number of nitrogens with zero attached hydrogens (tertiary/aromatic N) is 4. The highest BCUT2D eigenvalue weighted by atomic mass is 32.2. The maximum atomic E-state index is 12.5. The van der Waals surface area contributed by atoms with Gasteiger partial charge in [0.1, 0.15) is 5.82 Å². The Morgan fingerprint density at radius 1 is 1.09 bits per heavy atom. The highest BCUT2D eigenvalue weighted by Crippen LogP contribution is 2.33. The zero-order chi connectivity index (χ0) is 22.7. The molecule has 0 saturated heterocycles. The Morgan fingerprint density at radius 2 is 1.81 bits per heavy atom. The number of H-pyrrole nitrogens is 1. The van der Waals surface area contributed by atoms with Crippen molar-refractivity contribution < 1.29 is 4.79 Å². The van der Waals surface area contributed by atoms with Crippen molar-refractivity contribution in [2.24, 2.45) is 0 Å². The first-order valence-corrected chi connectivity index (χ1v) is 11.3. The molecule has 0 aliphatic rings. The van der Waals surface area contributed by atoms with Crippen LogP contribution < -0.4 is 10.9 Å². The molecule has 8 nitrogen and oxygen atoms in total. The number of benzene rings is 2. The number of hydrogen-bond donors (Lipinski definition) is 2. The zero-order valence-electron chi connectivity index (χ0n) is 18.1. The predicted molar refractivity (Wildman–Crippen MR) is 125 cm³/mol. The number of aromatic amines is 1. The van der Waals surface area contributed by atoms with Gasteiger partial charge in [-0.25, -0.2) is 4.98 Å². The van der Waals surface area contributed by atoms with Gasteiger partial charge in [-0.3, -0.25) is 9.59 Å². The minimum absolute atomic E-state index is 0.149. The van der Waals surface area contributed by atoms with Gasteiger partial charge in [-0.05, 0) is 45.0 Å². The summed E-state index contributed by atoms with van der Waals surface area (Å²) in [4.78, 5) is 32.4. The molecule has 0 spiro atoms. The van der Waals surface area contributed by atoms with E-state index in [4.69, 9.17) is 0 Å². The molecule has 0 unspecified atom stereocenters. The summed E-state index contributed by atoms with van der Waals surface area (Å²) in [5, 5.41) is 12.8. The van der Waals surface area contributed by atoms with Crippen LogP contribution in [0.1, 0.15) is 54.1 Å². The van der Waals surface area contributed by atoms with E-state index in [-0.39, 0.29) is 22.8 Å². The fourth-order valence-corrected chi connectivity index (χ4v) is 4.43. The molecule has 0 aliphatic carbocycles. The number of hydrogen-bond acceptors (Lipinski definition) is 6. The third-order valence-electron chi connectivity index (χ3n) is 5.13. The molecule has 0 saturated carbocycles. The van der Waals surface area contributed by atoms with Crippen LogP contribution in [-0.2, 0) is 6.54 Å². The van der Waals surface area contributed by atoms with E-state index in [1.54, 1.807) is 18.2 Å². The van der Waals surface area contributed by atoms with Crippen LogP contribution in [0.3, 0.4) is 0 Å². The van der Waals surface area contributed by atoms with E-state index in [1.807, 2.05) is 61.7 Å². The molecule has 0 bridgehead atoms. The van der Waals surface area contributed by atoms with Crippen molar-refractivity contribution >= 4 is 28.6 Å². The van der Waals surface area contributed by atoms with Gasteiger partial charge in [0.05, 0.1) is 22.2 Å². The minimum atomic E-state index is -0.321. The largest absolute Gasteiger partial charge is 0.342 e. The smallest absolute Gasteiger partial charge is 0.258 e. The van der Waals surface area contributed by atoms with Crippen LogP contribution in [0.4, 0.5) is 0 Å². The van der Waals surface area contributed by atoms with Gasteiger partial charge in [-0.15, -0.1) is 10.2 Å². The summed E-state index contributed by atoms with van der Waals surface area (Å²) in [6.07, 6.45) is 0. The summed E-state index contributed by atoms with van der Waals surface area (Å²) in [5.41, 5.74) is 1.10. The summed E-state index contributed by atoms with van der Waals surface area (Å²) >= 11 is 1.46. The lowest BCUT2D eigenvalue weighted by molar-refractivity contribution is 0.0937. The third kappa shape index (κ3) is 4.43. The van der Waals surface area contributed by atoms with Crippen LogP contribution in [0.15, 0.2) is 64.5 Å². The van der Waals surface area contributed by atoms with Crippen molar-refractivity contribution in [2.75, 3.05) is 0 Å². The van der Waals surface area contributed by atoms with Crippen LogP contribution in [-0.4, -0.2) is 30.6 Å². The number of para-hydroxylation sites is 1. The fourth-order valence-electron chi connectivity index (χ4n) is 3.45. The van der Waals surface area contributed by atoms with Crippen molar-refractivity contribution in [1.29, 1.82) is 0 Å². The molecule has 2 heterocycles. The number of thioether (sulfide) groups is 1. The first-order valence-electron chi connectivity index (χ1n) is 10.4. The van der Waals surface area contributed by atoms with Gasteiger partial charge in [0, 0.05) is 12.1 Å². The molecule has 0 radical (unpaired) electrons. The molecular formula is C23H24N6O2S. The maximum Gasteiger partial charge on any atom is 0.258 e. The molecule has 4 aromatic rings. The van der Waals surface area contributed by atoms with E-state index in [0.29, 0.717) is 39.8 Å². The average molecular weight is 449 g/mol. The molecule has 2 atom stereocenters. The predicted octanol–water partition coefficient (Wildman–Crippen LogP) is 3.88. The molecular weight excluding hydrogens is 424 g/mol. The zero-order valence-corrected chi connectivity index (χ0v) is 18.9. The molecule has 164 valence electrons. The Labute approximate surface area is 189 Å². The lowest BCUT2D eigenvalue weighted by Gasteiger charge is -2.16. The summed E-state index contributed by atoms with van der Waals surface area (Å²) in [5.74, 6) is 1.09. The van der Waals surface area contributed by atoms with E-state index >= 15 is 0 Å². The summed E-state index contributed by atoms with van der Waals surface area (Å²) in [6.45, 7) is 6.50. The molecule has 1 amide bonds. The Hall–Kier alpha value is -3.46. The molecule has 2 N–H and O–H groups in total. The van der Waals surface area contributed by atoms with Crippen molar-refractivity contribution in [3.05, 3.63) is 82.2 Å². The number of fused-ring (bicyclic) bond motifs is 1. The van der Waals surface area contributed by atoms with E-state index < -0.39 is 0 Å². The van der Waals surface area contributed by atoms with Crippen molar-refractivity contribution in [2.45, 2.75) is 43.8 Å². The highest BCUT2D eigenvalue weighted by molar-refractivity contribution is 7.99. The van der Waals surface area contributed by atoms with Crippen LogP contribution in [0.5, 0.6) is 0 Å². The molecule has 0 fully saturated rings. The van der Waals surface area contributed by atoms with Gasteiger partial charge >= 0.3 is 0 Å². The normalized spacial score (nSPS) is 13.1. The Kier molecular flexibility index (Phi) is 6.36. The Morgan fingerprint density at radius 3 is 2.56 bits per heavy atom. The molecule has 0 aliphatic heterocycles. The van der Waals surface area contributed by atoms with Crippen LogP contribution in [0.2, 0.25) is 0 Å². The first kappa shape index (κ1) is 21.8. The summed E-state index contributed by atoms with van der Waals surface area (Å²) in [7, 11) is 0. The van der Waals surface area contributed by atoms with Crippen molar-refractivity contribution in [3.63, 3.8) is 0 Å². The summed E-state index contributed by atoms with van der Waals surface area (Å²) < 4.78 is 1.97. The van der Waals surface area contributed by atoms with Crippen LogP contribution >= 0.6 is 11.8 Å². The second-order valence-corrected chi connectivity index (χ2v) is 8.68. The SMILES string of the molecule is CCn1c(S[C@H](C)c2nc3ccccc3c(=O)[nH]2)nnc1[C@@H](C)NC(=O)c1ccccc1. The van der Waals surface area contributed by atoms with E-state index in [2.05, 4.69) is 25.5 Å². The van der Waals surface area contributed by atoms with E-state index in [9.17, 15) is 9.59 Å². The van der Waals surface area contributed by atoms with Crippen LogP contribution in [0, 0.1) is 0 Å². The standard InChI is InChI=1S/C23H24N6O2S/c1-4-29-20(14(2)24-21(30)16-10-6-5-7-11-16)27-28-23(29)32-15(3)19-25-18-13-9-8-12-17(18)22(31)26-19/h5-15H,4H2,1-3H3,(H,24,30)(H,25,26,31)/t14-,15-/m1/s1. The molecule has 4 rings (SSSR count). The van der Waals surface area contributed by atoms with Crippen molar-refractivity contribution in [3.8, 4) is 0 Å². The van der Waals surface area contributed by atoms with Crippen LogP contribution in [0.25, 0.3) is 10.9 Å². The number of nitrogens with one attached hydrogen (secondary N) is 2.